The van der Waals surface area contributed by atoms with E-state index < -0.39 is 17.5 Å². The third kappa shape index (κ3) is 2.30. The zero-order valence-corrected chi connectivity index (χ0v) is 8.73. The standard InChI is InChI=1S/C11H9F2N3O/c12-8-2-1-3-9(13)7(8)4-16-5-10(11(14)17)15-6-16/h1-3,5-6H,4H2,(H2,14,17). The number of imidazole rings is 1. The van der Waals surface area contributed by atoms with Gasteiger partial charge in [-0.3, -0.25) is 4.79 Å². The van der Waals surface area contributed by atoms with Gasteiger partial charge in [-0.05, 0) is 12.1 Å². The summed E-state index contributed by atoms with van der Waals surface area (Å²) in [6.45, 7) is -0.0429. The molecule has 6 heteroatoms. The molecule has 88 valence electrons. The van der Waals surface area contributed by atoms with Crippen LogP contribution in [0, 0.1) is 11.6 Å². The van der Waals surface area contributed by atoms with Gasteiger partial charge in [0.25, 0.3) is 5.91 Å². The van der Waals surface area contributed by atoms with Gasteiger partial charge in [0.1, 0.15) is 17.3 Å². The quantitative estimate of drug-likeness (QED) is 0.874. The molecule has 1 amide bonds. The number of amides is 1. The first kappa shape index (κ1) is 11.3. The topological polar surface area (TPSA) is 60.9 Å². The molecule has 17 heavy (non-hydrogen) atoms. The van der Waals surface area contributed by atoms with Crippen molar-refractivity contribution in [2.75, 3.05) is 0 Å². The maximum Gasteiger partial charge on any atom is 0.268 e. The van der Waals surface area contributed by atoms with Crippen molar-refractivity contribution in [3.8, 4) is 0 Å². The molecule has 0 saturated carbocycles. The fourth-order valence-electron chi connectivity index (χ4n) is 1.44. The van der Waals surface area contributed by atoms with Gasteiger partial charge in [0.05, 0.1) is 12.9 Å². The van der Waals surface area contributed by atoms with Crippen molar-refractivity contribution in [3.63, 3.8) is 0 Å². The van der Waals surface area contributed by atoms with Crippen LogP contribution in [0.2, 0.25) is 0 Å². The third-order valence-corrected chi connectivity index (χ3v) is 2.29. The lowest BCUT2D eigenvalue weighted by Crippen LogP contribution is -2.11. The van der Waals surface area contributed by atoms with Crippen molar-refractivity contribution in [1.29, 1.82) is 0 Å². The van der Waals surface area contributed by atoms with Gasteiger partial charge in [-0.15, -0.1) is 0 Å². The SMILES string of the molecule is NC(=O)c1cn(Cc2c(F)cccc2F)cn1. The zero-order valence-electron chi connectivity index (χ0n) is 8.73. The first-order valence-corrected chi connectivity index (χ1v) is 4.82. The Bertz CT molecular complexity index is 545. The molecule has 4 nitrogen and oxygen atoms in total. The maximum absolute atomic E-state index is 13.3. The molecule has 1 aromatic carbocycles. The smallest absolute Gasteiger partial charge is 0.268 e. The van der Waals surface area contributed by atoms with Crippen molar-refractivity contribution in [2.45, 2.75) is 6.54 Å². The molecule has 0 saturated heterocycles. The number of carbonyl (C=O) groups excluding carboxylic acids is 1. The summed E-state index contributed by atoms with van der Waals surface area (Å²) in [5.74, 6) is -1.96. The minimum atomic E-state index is -0.683. The Labute approximate surface area is 95.7 Å². The molecule has 2 aromatic rings. The highest BCUT2D eigenvalue weighted by Gasteiger charge is 2.10. The summed E-state index contributed by atoms with van der Waals surface area (Å²) in [6, 6.07) is 3.63. The summed E-state index contributed by atoms with van der Waals surface area (Å²) < 4.78 is 28.1. The first-order chi connectivity index (χ1) is 8.08. The van der Waals surface area contributed by atoms with E-state index in [0.717, 1.165) is 0 Å². The molecule has 0 aliphatic carbocycles. The van der Waals surface area contributed by atoms with Crippen molar-refractivity contribution in [3.05, 3.63) is 53.6 Å². The lowest BCUT2D eigenvalue weighted by atomic mass is 10.2. The molecule has 0 bridgehead atoms. The molecular weight excluding hydrogens is 228 g/mol. The summed E-state index contributed by atoms with van der Waals surface area (Å²) in [5.41, 5.74) is 4.99. The van der Waals surface area contributed by atoms with Gasteiger partial charge in [0.15, 0.2) is 0 Å². The van der Waals surface area contributed by atoms with Crippen LogP contribution in [0.4, 0.5) is 8.78 Å². The Morgan fingerprint density at radius 1 is 1.35 bits per heavy atom. The second kappa shape index (κ2) is 4.32. The molecule has 0 aliphatic rings. The van der Waals surface area contributed by atoms with Crippen LogP contribution >= 0.6 is 0 Å². The lowest BCUT2D eigenvalue weighted by Gasteiger charge is -2.04. The number of carbonyl (C=O) groups is 1. The minimum absolute atomic E-state index is 0.0429. The van der Waals surface area contributed by atoms with Crippen LogP contribution in [-0.4, -0.2) is 15.5 Å². The van der Waals surface area contributed by atoms with Gasteiger partial charge in [-0.2, -0.15) is 0 Å². The summed E-state index contributed by atoms with van der Waals surface area (Å²) >= 11 is 0. The Kier molecular flexibility index (Phi) is 2.86. The lowest BCUT2D eigenvalue weighted by molar-refractivity contribution is 0.0996. The van der Waals surface area contributed by atoms with Crippen LogP contribution < -0.4 is 5.73 Å². The van der Waals surface area contributed by atoms with E-state index in [2.05, 4.69) is 4.98 Å². The number of rotatable bonds is 3. The third-order valence-electron chi connectivity index (χ3n) is 2.29. The number of aromatic nitrogens is 2. The van der Waals surface area contributed by atoms with Crippen LogP contribution in [0.1, 0.15) is 16.1 Å². The second-order valence-corrected chi connectivity index (χ2v) is 3.50. The van der Waals surface area contributed by atoms with Gasteiger partial charge in [-0.25, -0.2) is 13.8 Å². The minimum Gasteiger partial charge on any atom is -0.364 e. The van der Waals surface area contributed by atoms with Crippen LogP contribution in [0.5, 0.6) is 0 Å². The maximum atomic E-state index is 13.3. The highest BCUT2D eigenvalue weighted by molar-refractivity contribution is 5.90. The summed E-state index contributed by atoms with van der Waals surface area (Å²) in [7, 11) is 0. The molecule has 0 fully saturated rings. The number of benzene rings is 1. The highest BCUT2D eigenvalue weighted by atomic mass is 19.1. The number of hydrogen-bond acceptors (Lipinski definition) is 2. The number of halogens is 2. The van der Waals surface area contributed by atoms with Gasteiger partial charge < -0.3 is 10.3 Å². The number of nitrogens with two attached hydrogens (primary N) is 1. The summed E-state index contributed by atoms with van der Waals surface area (Å²) in [4.78, 5) is 14.5. The molecule has 0 unspecified atom stereocenters. The van der Waals surface area contributed by atoms with E-state index in [-0.39, 0.29) is 17.8 Å². The van der Waals surface area contributed by atoms with E-state index in [4.69, 9.17) is 5.73 Å². The van der Waals surface area contributed by atoms with E-state index in [9.17, 15) is 13.6 Å². The van der Waals surface area contributed by atoms with Gasteiger partial charge in [0.2, 0.25) is 0 Å². The largest absolute Gasteiger partial charge is 0.364 e. The zero-order chi connectivity index (χ0) is 12.4. The van der Waals surface area contributed by atoms with Gasteiger partial charge in [0, 0.05) is 11.8 Å². The number of hydrogen-bond donors (Lipinski definition) is 1. The van der Waals surface area contributed by atoms with E-state index in [1.807, 2.05) is 0 Å². The fourth-order valence-corrected chi connectivity index (χ4v) is 1.44. The molecular formula is C11H9F2N3O. The average molecular weight is 237 g/mol. The van der Waals surface area contributed by atoms with Gasteiger partial charge >= 0.3 is 0 Å². The Balaban J connectivity index is 2.28. The molecule has 2 rings (SSSR count). The average Bonchev–Trinajstić information content (AvgIpc) is 2.72. The van der Waals surface area contributed by atoms with Crippen molar-refractivity contribution >= 4 is 5.91 Å². The molecule has 0 atom stereocenters. The first-order valence-electron chi connectivity index (χ1n) is 4.82. The fraction of sp³-hybridized carbons (Fsp3) is 0.0909. The van der Waals surface area contributed by atoms with Crippen molar-refractivity contribution in [1.82, 2.24) is 9.55 Å². The van der Waals surface area contributed by atoms with Crippen LogP contribution in [0.25, 0.3) is 0 Å². The Morgan fingerprint density at radius 3 is 2.53 bits per heavy atom. The summed E-state index contributed by atoms with van der Waals surface area (Å²) in [5, 5.41) is 0. The second-order valence-electron chi connectivity index (χ2n) is 3.50. The van der Waals surface area contributed by atoms with E-state index in [0.29, 0.717) is 0 Å². The van der Waals surface area contributed by atoms with E-state index in [1.54, 1.807) is 0 Å². The van der Waals surface area contributed by atoms with Crippen molar-refractivity contribution in [2.24, 2.45) is 5.73 Å². The van der Waals surface area contributed by atoms with E-state index in [1.165, 1.54) is 35.3 Å². The van der Waals surface area contributed by atoms with Crippen LogP contribution in [0.3, 0.4) is 0 Å². The normalized spacial score (nSPS) is 10.5. The number of nitrogens with zero attached hydrogens (tertiary/aromatic N) is 2. The van der Waals surface area contributed by atoms with Gasteiger partial charge in [-0.1, -0.05) is 6.07 Å². The molecule has 1 heterocycles. The van der Waals surface area contributed by atoms with E-state index >= 15 is 0 Å². The molecule has 0 radical (unpaired) electrons. The highest BCUT2D eigenvalue weighted by Crippen LogP contribution is 2.13. The summed E-state index contributed by atoms with van der Waals surface area (Å²) in [6.07, 6.45) is 2.64. The molecule has 0 aliphatic heterocycles. The predicted molar refractivity (Wildman–Crippen MR) is 56.2 cm³/mol. The molecule has 0 spiro atoms. The van der Waals surface area contributed by atoms with Crippen LogP contribution in [-0.2, 0) is 6.54 Å². The number of primary amides is 1. The Morgan fingerprint density at radius 2 is 2.00 bits per heavy atom. The predicted octanol–water partition coefficient (Wildman–Crippen LogP) is 1.31. The van der Waals surface area contributed by atoms with Crippen molar-refractivity contribution < 1.29 is 13.6 Å². The van der Waals surface area contributed by atoms with Crippen LogP contribution in [0.15, 0.2) is 30.7 Å². The Hall–Kier alpha value is -2.24. The monoisotopic (exact) mass is 237 g/mol. The molecule has 1 aromatic heterocycles. The molecule has 2 N–H and O–H groups in total.